The third-order valence-electron chi connectivity index (χ3n) is 3.01. The fourth-order valence-corrected chi connectivity index (χ4v) is 1.92. The van der Waals surface area contributed by atoms with Crippen LogP contribution in [0.25, 0.3) is 0 Å². The summed E-state index contributed by atoms with van der Waals surface area (Å²) in [5.41, 5.74) is 1.19. The fraction of sp³-hybridized carbons (Fsp3) is 0.214. The summed E-state index contributed by atoms with van der Waals surface area (Å²) in [6, 6.07) is 6.32. The Bertz CT molecular complexity index is 626. The Morgan fingerprint density at radius 2 is 2.14 bits per heavy atom. The zero-order chi connectivity index (χ0) is 14.7. The highest BCUT2D eigenvalue weighted by Gasteiger charge is 2.15. The second-order valence-electron chi connectivity index (χ2n) is 4.48. The molecule has 1 aliphatic heterocycles. The number of rotatable bonds is 4. The number of carbonyl (C=O) groups is 1. The van der Waals surface area contributed by atoms with E-state index in [2.05, 4.69) is 10.6 Å². The second kappa shape index (κ2) is 5.76. The molecule has 0 aliphatic carbocycles. The van der Waals surface area contributed by atoms with Crippen molar-refractivity contribution in [3.63, 3.8) is 0 Å². The molecule has 7 heteroatoms. The van der Waals surface area contributed by atoms with Crippen LogP contribution >= 0.6 is 0 Å². The van der Waals surface area contributed by atoms with E-state index in [1.807, 2.05) is 0 Å². The van der Waals surface area contributed by atoms with Gasteiger partial charge in [0.05, 0.1) is 18.6 Å². The molecular weight excluding hydrogens is 276 g/mol. The van der Waals surface area contributed by atoms with Gasteiger partial charge in [0, 0.05) is 23.9 Å². The first-order valence-corrected chi connectivity index (χ1v) is 6.37. The molecule has 1 aromatic heterocycles. The number of furan rings is 1. The van der Waals surface area contributed by atoms with Crippen molar-refractivity contribution in [3.05, 3.63) is 42.4 Å². The maximum Gasteiger partial charge on any atom is 0.319 e. The van der Waals surface area contributed by atoms with Gasteiger partial charge in [0.1, 0.15) is 0 Å². The number of hydrogen-bond donors (Lipinski definition) is 3. The molecular formula is C14H14N2O5. The van der Waals surface area contributed by atoms with Crippen molar-refractivity contribution in [1.29, 1.82) is 0 Å². The molecule has 2 heterocycles. The van der Waals surface area contributed by atoms with Gasteiger partial charge in [0.15, 0.2) is 11.5 Å². The standard InChI is InChI=1S/C14H14N2O5/c17-11(9-3-4-19-7-9)6-15-14(18)16-10-1-2-12-13(5-10)21-8-20-12/h1-5,7,11,17H,6,8H2,(H2,15,16,18)/t11-/m0/s1. The Labute approximate surface area is 120 Å². The number of benzene rings is 1. The molecule has 3 rings (SSSR count). The van der Waals surface area contributed by atoms with Crippen molar-refractivity contribution in [1.82, 2.24) is 5.32 Å². The molecule has 0 saturated heterocycles. The third kappa shape index (κ3) is 3.09. The van der Waals surface area contributed by atoms with E-state index in [0.717, 1.165) is 0 Å². The number of aliphatic hydroxyl groups is 1. The maximum absolute atomic E-state index is 11.8. The van der Waals surface area contributed by atoms with Gasteiger partial charge >= 0.3 is 6.03 Å². The lowest BCUT2D eigenvalue weighted by molar-refractivity contribution is 0.173. The highest BCUT2D eigenvalue weighted by molar-refractivity contribution is 5.89. The van der Waals surface area contributed by atoms with Gasteiger partial charge in [0.2, 0.25) is 6.79 Å². The van der Waals surface area contributed by atoms with Crippen LogP contribution in [0.3, 0.4) is 0 Å². The fourth-order valence-electron chi connectivity index (χ4n) is 1.92. The molecule has 1 aliphatic rings. The molecule has 3 N–H and O–H groups in total. The van der Waals surface area contributed by atoms with E-state index in [0.29, 0.717) is 22.7 Å². The highest BCUT2D eigenvalue weighted by atomic mass is 16.7. The number of fused-ring (bicyclic) bond motifs is 1. The monoisotopic (exact) mass is 290 g/mol. The Morgan fingerprint density at radius 3 is 2.95 bits per heavy atom. The molecule has 0 saturated carbocycles. The Kier molecular flexibility index (Phi) is 3.65. The summed E-state index contributed by atoms with van der Waals surface area (Å²) in [6.07, 6.45) is 2.08. The summed E-state index contributed by atoms with van der Waals surface area (Å²) in [4.78, 5) is 11.8. The number of hydrogen-bond acceptors (Lipinski definition) is 5. The van der Waals surface area contributed by atoms with Gasteiger partial charge in [-0.2, -0.15) is 0 Å². The van der Waals surface area contributed by atoms with Crippen molar-refractivity contribution >= 4 is 11.7 Å². The molecule has 1 atom stereocenters. The molecule has 1 aromatic carbocycles. The lowest BCUT2D eigenvalue weighted by atomic mass is 10.2. The van der Waals surface area contributed by atoms with Crippen LogP contribution in [-0.4, -0.2) is 24.5 Å². The molecule has 21 heavy (non-hydrogen) atoms. The van der Waals surface area contributed by atoms with E-state index in [4.69, 9.17) is 13.9 Å². The first-order chi connectivity index (χ1) is 10.2. The summed E-state index contributed by atoms with van der Waals surface area (Å²) >= 11 is 0. The van der Waals surface area contributed by atoms with E-state index in [1.165, 1.54) is 12.5 Å². The number of carbonyl (C=O) groups excluding carboxylic acids is 1. The minimum Gasteiger partial charge on any atom is -0.472 e. The number of amides is 2. The van der Waals surface area contributed by atoms with Gasteiger partial charge < -0.3 is 29.6 Å². The van der Waals surface area contributed by atoms with Crippen molar-refractivity contribution in [2.45, 2.75) is 6.10 Å². The summed E-state index contributed by atoms with van der Waals surface area (Å²) in [5.74, 6) is 1.24. The minimum atomic E-state index is -0.814. The Morgan fingerprint density at radius 1 is 1.29 bits per heavy atom. The predicted molar refractivity (Wildman–Crippen MR) is 73.3 cm³/mol. The van der Waals surface area contributed by atoms with Crippen LogP contribution in [0.5, 0.6) is 11.5 Å². The lowest BCUT2D eigenvalue weighted by Crippen LogP contribution is -2.32. The molecule has 2 aromatic rings. The van der Waals surface area contributed by atoms with Crippen molar-refractivity contribution in [3.8, 4) is 11.5 Å². The topological polar surface area (TPSA) is 93.0 Å². The Balaban J connectivity index is 1.52. The van der Waals surface area contributed by atoms with E-state index in [-0.39, 0.29) is 13.3 Å². The van der Waals surface area contributed by atoms with Crippen LogP contribution < -0.4 is 20.1 Å². The molecule has 2 amide bonds. The predicted octanol–water partition coefficient (Wildman–Crippen LogP) is 1.86. The molecule has 0 radical (unpaired) electrons. The number of urea groups is 1. The normalized spacial score (nSPS) is 13.8. The van der Waals surface area contributed by atoms with E-state index in [1.54, 1.807) is 24.3 Å². The quantitative estimate of drug-likeness (QED) is 0.799. The zero-order valence-corrected chi connectivity index (χ0v) is 11.0. The Hall–Kier alpha value is -2.67. The lowest BCUT2D eigenvalue weighted by Gasteiger charge is -2.11. The van der Waals surface area contributed by atoms with Gasteiger partial charge in [-0.3, -0.25) is 0 Å². The average Bonchev–Trinajstić information content (AvgIpc) is 3.15. The minimum absolute atomic E-state index is 0.0793. The van der Waals surface area contributed by atoms with Gasteiger partial charge in [-0.05, 0) is 18.2 Å². The third-order valence-corrected chi connectivity index (χ3v) is 3.01. The van der Waals surface area contributed by atoms with Crippen molar-refractivity contribution in [2.24, 2.45) is 0 Å². The second-order valence-corrected chi connectivity index (χ2v) is 4.48. The van der Waals surface area contributed by atoms with Gasteiger partial charge in [0.25, 0.3) is 0 Å². The zero-order valence-electron chi connectivity index (χ0n) is 11.0. The number of aliphatic hydroxyl groups excluding tert-OH is 1. The largest absolute Gasteiger partial charge is 0.472 e. The number of ether oxygens (including phenoxy) is 2. The molecule has 7 nitrogen and oxygen atoms in total. The summed E-state index contributed by atoms with van der Waals surface area (Å²) in [5, 5.41) is 15.0. The van der Waals surface area contributed by atoms with Gasteiger partial charge in [-0.25, -0.2) is 4.79 Å². The van der Waals surface area contributed by atoms with Crippen LogP contribution in [0.4, 0.5) is 10.5 Å². The number of anilines is 1. The first-order valence-electron chi connectivity index (χ1n) is 6.37. The SMILES string of the molecule is O=C(NC[C@H](O)c1ccoc1)Nc1ccc2c(c1)OCO2. The molecule has 0 unspecified atom stereocenters. The summed E-state index contributed by atoms with van der Waals surface area (Å²) in [7, 11) is 0. The smallest absolute Gasteiger partial charge is 0.319 e. The van der Waals surface area contributed by atoms with Crippen LogP contribution in [-0.2, 0) is 0 Å². The van der Waals surface area contributed by atoms with Gasteiger partial charge in [-0.1, -0.05) is 0 Å². The molecule has 0 fully saturated rings. The van der Waals surface area contributed by atoms with Crippen molar-refractivity contribution in [2.75, 3.05) is 18.7 Å². The summed E-state index contributed by atoms with van der Waals surface area (Å²) < 4.78 is 15.3. The van der Waals surface area contributed by atoms with E-state index in [9.17, 15) is 9.90 Å². The average molecular weight is 290 g/mol. The van der Waals surface area contributed by atoms with E-state index < -0.39 is 12.1 Å². The van der Waals surface area contributed by atoms with Crippen LogP contribution in [0.2, 0.25) is 0 Å². The van der Waals surface area contributed by atoms with Crippen molar-refractivity contribution < 1.29 is 23.8 Å². The molecule has 0 bridgehead atoms. The number of nitrogens with one attached hydrogen (secondary N) is 2. The highest BCUT2D eigenvalue weighted by Crippen LogP contribution is 2.34. The van der Waals surface area contributed by atoms with Crippen LogP contribution in [0.15, 0.2) is 41.2 Å². The first kappa shape index (κ1) is 13.3. The van der Waals surface area contributed by atoms with Crippen LogP contribution in [0.1, 0.15) is 11.7 Å². The maximum atomic E-state index is 11.8. The molecule has 110 valence electrons. The molecule has 0 spiro atoms. The van der Waals surface area contributed by atoms with Gasteiger partial charge in [-0.15, -0.1) is 0 Å². The summed E-state index contributed by atoms with van der Waals surface area (Å²) in [6.45, 7) is 0.262. The van der Waals surface area contributed by atoms with Crippen LogP contribution in [0, 0.1) is 0 Å². The van der Waals surface area contributed by atoms with E-state index >= 15 is 0 Å².